The van der Waals surface area contributed by atoms with Gasteiger partial charge in [0.1, 0.15) is 0 Å². The van der Waals surface area contributed by atoms with Crippen LogP contribution in [0.25, 0.3) is 0 Å². The third-order valence-corrected chi connectivity index (χ3v) is 4.55. The highest BCUT2D eigenvalue weighted by Gasteiger charge is 2.29. The molecule has 0 aromatic heterocycles. The van der Waals surface area contributed by atoms with Crippen LogP contribution < -0.4 is 16.0 Å². The maximum absolute atomic E-state index is 12.1. The van der Waals surface area contributed by atoms with Gasteiger partial charge < -0.3 is 16.0 Å². The summed E-state index contributed by atoms with van der Waals surface area (Å²) in [4.78, 5) is 23.8. The number of nitrogens with one attached hydrogen (secondary N) is 3. The van der Waals surface area contributed by atoms with Crippen molar-refractivity contribution in [3.63, 3.8) is 0 Å². The zero-order valence-electron chi connectivity index (χ0n) is 13.4. The second kappa shape index (κ2) is 7.49. The minimum atomic E-state index is -0.147. The number of hydrogen-bond acceptors (Lipinski definition) is 2. The average molecular weight is 315 g/mol. The Morgan fingerprint density at radius 3 is 1.91 bits per heavy atom. The van der Waals surface area contributed by atoms with Crippen molar-refractivity contribution >= 4 is 23.3 Å². The van der Waals surface area contributed by atoms with Crippen LogP contribution in [0.15, 0.2) is 24.3 Å². The highest BCUT2D eigenvalue weighted by Crippen LogP contribution is 2.30. The van der Waals surface area contributed by atoms with Gasteiger partial charge in [0.15, 0.2) is 0 Å². The maximum atomic E-state index is 12.1. The molecule has 3 rings (SSSR count). The third-order valence-electron chi connectivity index (χ3n) is 4.55. The molecule has 1 aromatic carbocycles. The summed E-state index contributed by atoms with van der Waals surface area (Å²) in [5.41, 5.74) is 1.51. The molecule has 124 valence electrons. The topological polar surface area (TPSA) is 70.2 Å². The van der Waals surface area contributed by atoms with Crippen LogP contribution >= 0.6 is 0 Å². The monoisotopic (exact) mass is 315 g/mol. The van der Waals surface area contributed by atoms with E-state index in [4.69, 9.17) is 0 Å². The van der Waals surface area contributed by atoms with Gasteiger partial charge in [0, 0.05) is 23.3 Å². The van der Waals surface area contributed by atoms with Crippen LogP contribution in [0.2, 0.25) is 0 Å². The molecule has 3 N–H and O–H groups in total. The minimum Gasteiger partial charge on any atom is -0.335 e. The van der Waals surface area contributed by atoms with Crippen LogP contribution in [-0.2, 0) is 4.79 Å². The van der Waals surface area contributed by atoms with Crippen molar-refractivity contribution in [2.45, 2.75) is 57.4 Å². The maximum Gasteiger partial charge on any atom is 0.319 e. The molecule has 3 amide bonds. The summed E-state index contributed by atoms with van der Waals surface area (Å²) >= 11 is 0. The number of anilines is 2. The van der Waals surface area contributed by atoms with Gasteiger partial charge >= 0.3 is 6.03 Å². The normalized spacial score (nSPS) is 18.8. The van der Waals surface area contributed by atoms with E-state index in [1.54, 1.807) is 0 Å². The van der Waals surface area contributed by atoms with Crippen LogP contribution in [0.5, 0.6) is 0 Å². The number of amides is 3. The Morgan fingerprint density at radius 2 is 1.35 bits per heavy atom. The number of carbonyl (C=O) groups is 2. The Balaban J connectivity index is 1.46. The molecular weight excluding hydrogens is 290 g/mol. The number of hydrogen-bond donors (Lipinski definition) is 3. The first-order valence-electron chi connectivity index (χ1n) is 8.69. The summed E-state index contributed by atoms with van der Waals surface area (Å²) in [6, 6.07) is 7.41. The van der Waals surface area contributed by atoms with E-state index in [2.05, 4.69) is 16.0 Å². The Labute approximate surface area is 137 Å². The Hall–Kier alpha value is -2.04. The molecule has 0 unspecified atom stereocenters. The molecule has 0 bridgehead atoms. The van der Waals surface area contributed by atoms with Crippen LogP contribution in [0.4, 0.5) is 16.2 Å². The van der Waals surface area contributed by atoms with Gasteiger partial charge in [-0.2, -0.15) is 0 Å². The van der Waals surface area contributed by atoms with E-state index in [-0.39, 0.29) is 23.9 Å². The Bertz CT molecular complexity index is 544. The first-order valence-corrected chi connectivity index (χ1v) is 8.69. The first kappa shape index (κ1) is 15.8. The SMILES string of the molecule is O=C(Nc1ccc(NC(=O)C2CC2)cc1)NC1CCCCCC1. The lowest BCUT2D eigenvalue weighted by Gasteiger charge is -2.16. The molecule has 1 aromatic rings. The van der Waals surface area contributed by atoms with Gasteiger partial charge in [0.25, 0.3) is 0 Å². The second-order valence-electron chi connectivity index (χ2n) is 6.63. The van der Waals surface area contributed by atoms with E-state index < -0.39 is 0 Å². The van der Waals surface area contributed by atoms with Crippen molar-refractivity contribution in [3.05, 3.63) is 24.3 Å². The van der Waals surface area contributed by atoms with Gasteiger partial charge in [-0.3, -0.25) is 4.79 Å². The molecule has 0 saturated heterocycles. The molecule has 0 radical (unpaired) electrons. The van der Waals surface area contributed by atoms with Gasteiger partial charge in [-0.25, -0.2) is 4.79 Å². The summed E-state index contributed by atoms with van der Waals surface area (Å²) in [5.74, 6) is 0.287. The van der Waals surface area contributed by atoms with Gasteiger partial charge in [-0.15, -0.1) is 0 Å². The fraction of sp³-hybridized carbons (Fsp3) is 0.556. The summed E-state index contributed by atoms with van der Waals surface area (Å²) in [7, 11) is 0. The van der Waals surface area contributed by atoms with Gasteiger partial charge in [-0.05, 0) is 49.9 Å². The van der Waals surface area contributed by atoms with Crippen molar-refractivity contribution in [2.24, 2.45) is 5.92 Å². The lowest BCUT2D eigenvalue weighted by molar-refractivity contribution is -0.117. The minimum absolute atomic E-state index is 0.0943. The molecule has 5 nitrogen and oxygen atoms in total. The predicted molar refractivity (Wildman–Crippen MR) is 91.4 cm³/mol. The molecule has 0 aliphatic heterocycles. The second-order valence-corrected chi connectivity index (χ2v) is 6.63. The number of benzene rings is 1. The smallest absolute Gasteiger partial charge is 0.319 e. The van der Waals surface area contributed by atoms with Crippen molar-refractivity contribution in [3.8, 4) is 0 Å². The van der Waals surface area contributed by atoms with Crippen LogP contribution in [-0.4, -0.2) is 18.0 Å². The molecule has 0 spiro atoms. The molecule has 2 aliphatic rings. The van der Waals surface area contributed by atoms with E-state index >= 15 is 0 Å². The molecule has 2 saturated carbocycles. The van der Waals surface area contributed by atoms with Crippen LogP contribution in [0.3, 0.4) is 0 Å². The van der Waals surface area contributed by atoms with Crippen molar-refractivity contribution < 1.29 is 9.59 Å². The Morgan fingerprint density at radius 1 is 0.783 bits per heavy atom. The number of rotatable bonds is 4. The molecule has 0 heterocycles. The van der Waals surface area contributed by atoms with Crippen molar-refractivity contribution in [1.82, 2.24) is 5.32 Å². The molecule has 5 heteroatoms. The summed E-state index contributed by atoms with van der Waals surface area (Å²) in [6.07, 6.45) is 9.06. The largest absolute Gasteiger partial charge is 0.335 e. The first-order chi connectivity index (χ1) is 11.2. The van der Waals surface area contributed by atoms with Gasteiger partial charge in [-0.1, -0.05) is 25.7 Å². The zero-order valence-corrected chi connectivity index (χ0v) is 13.4. The van der Waals surface area contributed by atoms with Crippen LogP contribution in [0.1, 0.15) is 51.4 Å². The van der Waals surface area contributed by atoms with Crippen molar-refractivity contribution in [2.75, 3.05) is 10.6 Å². The average Bonchev–Trinajstić information content (AvgIpc) is 3.36. The fourth-order valence-electron chi connectivity index (χ4n) is 3.00. The molecule has 2 aliphatic carbocycles. The van der Waals surface area contributed by atoms with E-state index in [0.717, 1.165) is 37.1 Å². The van der Waals surface area contributed by atoms with E-state index in [1.807, 2.05) is 24.3 Å². The molecule has 2 fully saturated rings. The summed E-state index contributed by atoms with van der Waals surface area (Å²) in [6.45, 7) is 0. The summed E-state index contributed by atoms with van der Waals surface area (Å²) < 4.78 is 0. The fourth-order valence-corrected chi connectivity index (χ4v) is 3.00. The van der Waals surface area contributed by atoms with Crippen LogP contribution in [0, 0.1) is 5.92 Å². The predicted octanol–water partition coefficient (Wildman–Crippen LogP) is 3.88. The van der Waals surface area contributed by atoms with E-state index in [1.165, 1.54) is 25.7 Å². The van der Waals surface area contributed by atoms with Gasteiger partial charge in [0.05, 0.1) is 0 Å². The quantitative estimate of drug-likeness (QED) is 0.738. The van der Waals surface area contributed by atoms with Crippen molar-refractivity contribution in [1.29, 1.82) is 0 Å². The molecular formula is C18H25N3O2. The van der Waals surface area contributed by atoms with E-state index in [9.17, 15) is 9.59 Å². The Kier molecular flexibility index (Phi) is 5.16. The zero-order chi connectivity index (χ0) is 16.1. The third kappa shape index (κ3) is 4.98. The summed E-state index contributed by atoms with van der Waals surface area (Å²) in [5, 5.41) is 8.81. The van der Waals surface area contributed by atoms with Gasteiger partial charge in [0.2, 0.25) is 5.91 Å². The lowest BCUT2D eigenvalue weighted by Crippen LogP contribution is -2.37. The number of urea groups is 1. The standard InChI is InChI=1S/C18H25N3O2/c22-17(13-7-8-13)19-15-9-11-16(12-10-15)21-18(23)20-14-5-3-1-2-4-6-14/h9-14H,1-8H2,(H,19,22)(H2,20,21,23). The lowest BCUT2D eigenvalue weighted by atomic mass is 10.1. The molecule has 0 atom stereocenters. The highest BCUT2D eigenvalue weighted by atomic mass is 16.2. The number of carbonyl (C=O) groups excluding carboxylic acids is 2. The highest BCUT2D eigenvalue weighted by molar-refractivity contribution is 5.94. The van der Waals surface area contributed by atoms with E-state index in [0.29, 0.717) is 0 Å². The molecule has 23 heavy (non-hydrogen) atoms.